The standard InChI is InChI=1S/C34H40Cl2N6O7S/c1-23-28(35)11-12-29(32(23)36)50(48,49)42(18-15-24-5-3-2-4-6-24)22-30(43)38-19-31(44)41(21-26-13-16-40(17-14-26)34(45)46)20-25-7-9-27(10-8-25)33(37)39-47/h2-12,26,47H,13-22H2,1H3,(H2,37,39)(H,38,43)(H,45,46). The number of sulfonamides is 1. The Morgan fingerprint density at radius 1 is 1.00 bits per heavy atom. The van der Waals surface area contributed by atoms with Gasteiger partial charge in [-0.25, -0.2) is 13.2 Å². The molecular formula is C34H40Cl2N6O7S. The average Bonchev–Trinajstić information content (AvgIpc) is 3.11. The van der Waals surface area contributed by atoms with Crippen molar-refractivity contribution < 1.29 is 33.1 Å². The number of nitrogens with one attached hydrogen (secondary N) is 1. The average molecular weight is 748 g/mol. The third-order valence-electron chi connectivity index (χ3n) is 8.60. The van der Waals surface area contributed by atoms with E-state index in [1.54, 1.807) is 36.1 Å². The highest BCUT2D eigenvalue weighted by molar-refractivity contribution is 7.89. The molecule has 0 saturated carbocycles. The summed E-state index contributed by atoms with van der Waals surface area (Å²) >= 11 is 12.6. The van der Waals surface area contributed by atoms with Crippen LogP contribution in [-0.4, -0.2) is 95.8 Å². The van der Waals surface area contributed by atoms with Gasteiger partial charge in [-0.2, -0.15) is 4.31 Å². The molecule has 3 amide bonds. The Labute approximate surface area is 301 Å². The highest BCUT2D eigenvalue weighted by atomic mass is 35.5. The van der Waals surface area contributed by atoms with Crippen molar-refractivity contribution in [2.45, 2.75) is 37.6 Å². The Balaban J connectivity index is 1.49. The van der Waals surface area contributed by atoms with Gasteiger partial charge in [-0.15, -0.1) is 0 Å². The molecule has 1 fully saturated rings. The fourth-order valence-electron chi connectivity index (χ4n) is 5.59. The van der Waals surface area contributed by atoms with Gasteiger partial charge in [0.2, 0.25) is 21.8 Å². The number of nitrogens with zero attached hydrogens (tertiary/aromatic N) is 4. The maximum atomic E-state index is 13.9. The second kappa shape index (κ2) is 17.5. The fourth-order valence-corrected chi connectivity index (χ4v) is 7.77. The van der Waals surface area contributed by atoms with Gasteiger partial charge in [0.1, 0.15) is 4.90 Å². The number of hydrogen-bond donors (Lipinski definition) is 4. The van der Waals surface area contributed by atoms with E-state index in [9.17, 15) is 27.9 Å². The van der Waals surface area contributed by atoms with Crippen molar-refractivity contribution in [3.05, 3.63) is 99.0 Å². The van der Waals surface area contributed by atoms with E-state index in [1.165, 1.54) is 17.0 Å². The SMILES string of the molecule is Cc1c(Cl)ccc(S(=O)(=O)N(CCc2ccccc2)CC(=O)NCC(=O)N(Cc2ccc(C(N)=NO)cc2)CC2CCN(C(=O)O)CC2)c1Cl. The summed E-state index contributed by atoms with van der Waals surface area (Å²) in [5.74, 6) is -1.14. The monoisotopic (exact) mass is 746 g/mol. The minimum Gasteiger partial charge on any atom is -0.465 e. The van der Waals surface area contributed by atoms with Gasteiger partial charge in [-0.3, -0.25) is 9.59 Å². The molecule has 0 spiro atoms. The lowest BCUT2D eigenvalue weighted by molar-refractivity contribution is -0.134. The fraction of sp³-hybridized carbons (Fsp3) is 0.353. The molecule has 0 atom stereocenters. The molecule has 0 unspecified atom stereocenters. The lowest BCUT2D eigenvalue weighted by Gasteiger charge is -2.34. The van der Waals surface area contributed by atoms with E-state index in [2.05, 4.69) is 10.5 Å². The molecule has 268 valence electrons. The second-order valence-corrected chi connectivity index (χ2v) is 14.7. The second-order valence-electron chi connectivity index (χ2n) is 12.0. The number of halogens is 2. The van der Waals surface area contributed by atoms with Gasteiger partial charge in [0.15, 0.2) is 5.84 Å². The molecule has 1 heterocycles. The lowest BCUT2D eigenvalue weighted by atomic mass is 9.96. The number of carbonyl (C=O) groups is 3. The number of hydrogen-bond acceptors (Lipinski definition) is 7. The Bertz CT molecular complexity index is 1800. The molecule has 5 N–H and O–H groups in total. The molecule has 3 aromatic carbocycles. The van der Waals surface area contributed by atoms with Crippen LogP contribution >= 0.6 is 23.2 Å². The number of carbonyl (C=O) groups excluding carboxylic acids is 2. The van der Waals surface area contributed by atoms with Crippen LogP contribution in [-0.2, 0) is 32.6 Å². The van der Waals surface area contributed by atoms with Crippen LogP contribution in [0.4, 0.5) is 4.79 Å². The number of piperidine rings is 1. The van der Waals surface area contributed by atoms with Gasteiger partial charge < -0.3 is 31.2 Å². The maximum absolute atomic E-state index is 13.9. The minimum atomic E-state index is -4.27. The molecule has 16 heteroatoms. The van der Waals surface area contributed by atoms with Crippen LogP contribution in [0, 0.1) is 12.8 Å². The molecule has 3 aromatic rings. The van der Waals surface area contributed by atoms with E-state index < -0.39 is 41.0 Å². The topological polar surface area (TPSA) is 186 Å². The lowest BCUT2D eigenvalue weighted by Crippen LogP contribution is -2.47. The van der Waals surface area contributed by atoms with Gasteiger partial charge in [-0.05, 0) is 60.9 Å². The first-order valence-electron chi connectivity index (χ1n) is 15.9. The summed E-state index contributed by atoms with van der Waals surface area (Å²) in [6, 6.07) is 18.7. The Morgan fingerprint density at radius 3 is 2.28 bits per heavy atom. The molecule has 13 nitrogen and oxygen atoms in total. The first-order valence-corrected chi connectivity index (χ1v) is 18.1. The van der Waals surface area contributed by atoms with Crippen molar-refractivity contribution in [1.82, 2.24) is 19.4 Å². The molecular weight excluding hydrogens is 707 g/mol. The first kappa shape index (κ1) is 38.4. The van der Waals surface area contributed by atoms with Crippen LogP contribution in [0.1, 0.15) is 35.1 Å². The van der Waals surface area contributed by atoms with Crippen LogP contribution < -0.4 is 11.1 Å². The Morgan fingerprint density at radius 2 is 1.66 bits per heavy atom. The van der Waals surface area contributed by atoms with Crippen LogP contribution in [0.3, 0.4) is 0 Å². The van der Waals surface area contributed by atoms with Crippen LogP contribution in [0.15, 0.2) is 76.8 Å². The molecule has 50 heavy (non-hydrogen) atoms. The molecule has 0 aromatic heterocycles. The number of amides is 3. The highest BCUT2D eigenvalue weighted by Crippen LogP contribution is 2.32. The molecule has 1 saturated heterocycles. The summed E-state index contributed by atoms with van der Waals surface area (Å²) in [5, 5.41) is 24.2. The van der Waals surface area contributed by atoms with Gasteiger partial charge in [0.25, 0.3) is 0 Å². The van der Waals surface area contributed by atoms with E-state index in [0.717, 1.165) is 15.4 Å². The number of likely N-dealkylation sites (tertiary alicyclic amines) is 1. The zero-order chi connectivity index (χ0) is 36.4. The number of amidine groups is 1. The van der Waals surface area contributed by atoms with Gasteiger partial charge in [-0.1, -0.05) is 83.0 Å². The molecule has 1 aliphatic heterocycles. The third kappa shape index (κ3) is 10.1. The number of oxime groups is 1. The largest absolute Gasteiger partial charge is 0.465 e. The van der Waals surface area contributed by atoms with Crippen LogP contribution in [0.2, 0.25) is 10.0 Å². The van der Waals surface area contributed by atoms with Crippen molar-refractivity contribution in [2.24, 2.45) is 16.8 Å². The summed E-state index contributed by atoms with van der Waals surface area (Å²) < 4.78 is 28.8. The number of rotatable bonds is 14. The van der Waals surface area contributed by atoms with E-state index >= 15 is 0 Å². The molecule has 0 bridgehead atoms. The van der Waals surface area contributed by atoms with E-state index in [0.29, 0.717) is 55.0 Å². The van der Waals surface area contributed by atoms with E-state index in [4.69, 9.17) is 34.1 Å². The van der Waals surface area contributed by atoms with Crippen molar-refractivity contribution >= 4 is 57.0 Å². The van der Waals surface area contributed by atoms with Crippen LogP contribution in [0.25, 0.3) is 0 Å². The molecule has 4 rings (SSSR count). The maximum Gasteiger partial charge on any atom is 0.407 e. The summed E-state index contributed by atoms with van der Waals surface area (Å²) in [6.45, 7) is 1.78. The Kier molecular flexibility index (Phi) is 13.5. The summed E-state index contributed by atoms with van der Waals surface area (Å²) in [5.41, 5.74) is 8.17. The summed E-state index contributed by atoms with van der Waals surface area (Å²) in [7, 11) is -4.27. The predicted octanol–water partition coefficient (Wildman–Crippen LogP) is 4.16. The zero-order valence-corrected chi connectivity index (χ0v) is 29.8. The summed E-state index contributed by atoms with van der Waals surface area (Å²) in [6.07, 6.45) is 0.454. The molecule has 0 radical (unpaired) electrons. The first-order chi connectivity index (χ1) is 23.8. The van der Waals surface area contributed by atoms with Gasteiger partial charge in [0.05, 0.1) is 18.1 Å². The highest BCUT2D eigenvalue weighted by Gasteiger charge is 2.31. The quantitative estimate of drug-likeness (QED) is 0.0820. The van der Waals surface area contributed by atoms with Crippen molar-refractivity contribution in [2.75, 3.05) is 39.3 Å². The molecule has 1 aliphatic rings. The number of nitrogens with two attached hydrogens (primary N) is 1. The van der Waals surface area contributed by atoms with Gasteiger partial charge in [0, 0.05) is 43.3 Å². The summed E-state index contributed by atoms with van der Waals surface area (Å²) in [4.78, 5) is 41.1. The predicted molar refractivity (Wildman–Crippen MR) is 190 cm³/mol. The van der Waals surface area contributed by atoms with Gasteiger partial charge >= 0.3 is 6.09 Å². The smallest absolute Gasteiger partial charge is 0.407 e. The van der Waals surface area contributed by atoms with E-state index in [-0.39, 0.29) is 34.8 Å². The number of carboxylic acid groups (broad SMARTS) is 1. The Hall–Kier alpha value is -4.37. The normalized spacial score (nSPS) is 14.1. The van der Waals surface area contributed by atoms with Crippen molar-refractivity contribution in [1.29, 1.82) is 0 Å². The van der Waals surface area contributed by atoms with Crippen LogP contribution in [0.5, 0.6) is 0 Å². The van der Waals surface area contributed by atoms with Crippen molar-refractivity contribution in [3.8, 4) is 0 Å². The number of benzene rings is 3. The molecule has 0 aliphatic carbocycles. The minimum absolute atomic E-state index is 0.0212. The van der Waals surface area contributed by atoms with E-state index in [1.807, 2.05) is 30.3 Å². The third-order valence-corrected chi connectivity index (χ3v) is 11.5. The van der Waals surface area contributed by atoms with Crippen molar-refractivity contribution in [3.63, 3.8) is 0 Å². The zero-order valence-electron chi connectivity index (χ0n) is 27.5.